The first-order valence-electron chi connectivity index (χ1n) is 9.84. The first-order valence-corrected chi connectivity index (χ1v) is 9.84. The quantitative estimate of drug-likeness (QED) is 0.746. The van der Waals surface area contributed by atoms with Crippen molar-refractivity contribution < 1.29 is 19.1 Å². The Labute approximate surface area is 160 Å². The summed E-state index contributed by atoms with van der Waals surface area (Å²) in [5.41, 5.74) is 1.03. The first-order chi connectivity index (χ1) is 13.1. The molecule has 146 valence electrons. The highest BCUT2D eigenvalue weighted by Gasteiger charge is 2.25. The molecule has 0 unspecified atom stereocenters. The van der Waals surface area contributed by atoms with Crippen molar-refractivity contribution in [1.82, 2.24) is 9.80 Å². The van der Waals surface area contributed by atoms with E-state index in [0.29, 0.717) is 23.5 Å². The van der Waals surface area contributed by atoms with Gasteiger partial charge in [-0.25, -0.2) is 4.79 Å². The molecule has 0 N–H and O–H groups in total. The van der Waals surface area contributed by atoms with Gasteiger partial charge in [0.05, 0.1) is 12.7 Å². The number of carbonyl (C=O) groups is 3. The summed E-state index contributed by atoms with van der Waals surface area (Å²) in [4.78, 5) is 40.1. The summed E-state index contributed by atoms with van der Waals surface area (Å²) in [6.45, 7) is 3.28. The first kappa shape index (κ1) is 19.4. The van der Waals surface area contributed by atoms with E-state index < -0.39 is 5.97 Å². The van der Waals surface area contributed by atoms with E-state index in [-0.39, 0.29) is 11.8 Å². The lowest BCUT2D eigenvalue weighted by atomic mass is 9.91. The van der Waals surface area contributed by atoms with Crippen molar-refractivity contribution in [3.8, 4) is 0 Å². The number of ether oxygens (including phenoxy) is 1. The Kier molecular flexibility index (Phi) is 6.48. The number of hydrogen-bond acceptors (Lipinski definition) is 4. The van der Waals surface area contributed by atoms with Gasteiger partial charge in [-0.05, 0) is 62.3 Å². The minimum Gasteiger partial charge on any atom is -0.465 e. The predicted octanol–water partition coefficient (Wildman–Crippen LogP) is 2.73. The van der Waals surface area contributed by atoms with E-state index in [4.69, 9.17) is 0 Å². The molecule has 6 heteroatoms. The summed E-state index contributed by atoms with van der Waals surface area (Å²) in [5.74, 6) is 0.398. The number of amides is 2. The molecule has 1 aromatic rings. The zero-order chi connectivity index (χ0) is 19.2. The van der Waals surface area contributed by atoms with Crippen LogP contribution < -0.4 is 0 Å². The molecule has 2 aliphatic heterocycles. The minimum atomic E-state index is -0.404. The normalized spacial score (nSPS) is 17.8. The molecular formula is C21H28N2O4. The van der Waals surface area contributed by atoms with Crippen molar-refractivity contribution in [2.24, 2.45) is 5.92 Å². The second-order valence-corrected chi connectivity index (χ2v) is 7.43. The molecule has 2 amide bonds. The van der Waals surface area contributed by atoms with Gasteiger partial charge in [0.2, 0.25) is 5.91 Å². The average molecular weight is 372 g/mol. The molecule has 0 aliphatic carbocycles. The van der Waals surface area contributed by atoms with Crippen LogP contribution in [0.25, 0.3) is 0 Å². The van der Waals surface area contributed by atoms with Gasteiger partial charge in [0.25, 0.3) is 5.91 Å². The van der Waals surface area contributed by atoms with Crippen LogP contribution in [-0.2, 0) is 9.53 Å². The van der Waals surface area contributed by atoms with Gasteiger partial charge in [0.1, 0.15) is 0 Å². The van der Waals surface area contributed by atoms with Crippen LogP contribution in [0.3, 0.4) is 0 Å². The lowest BCUT2D eigenvalue weighted by Gasteiger charge is -2.32. The largest absolute Gasteiger partial charge is 0.465 e. The maximum absolute atomic E-state index is 12.6. The summed E-state index contributed by atoms with van der Waals surface area (Å²) in [6.07, 6.45) is 5.71. The van der Waals surface area contributed by atoms with Gasteiger partial charge in [0, 0.05) is 38.2 Å². The highest BCUT2D eigenvalue weighted by molar-refractivity contribution is 5.96. The van der Waals surface area contributed by atoms with E-state index in [1.54, 1.807) is 24.3 Å². The second kappa shape index (κ2) is 9.02. The molecule has 2 fully saturated rings. The summed E-state index contributed by atoms with van der Waals surface area (Å²) in [5, 5.41) is 0. The Morgan fingerprint density at radius 2 is 1.52 bits per heavy atom. The van der Waals surface area contributed by atoms with Crippen LogP contribution in [0.4, 0.5) is 0 Å². The van der Waals surface area contributed by atoms with Crippen molar-refractivity contribution in [3.63, 3.8) is 0 Å². The van der Waals surface area contributed by atoms with Gasteiger partial charge in [-0.3, -0.25) is 9.59 Å². The highest BCUT2D eigenvalue weighted by atomic mass is 16.5. The topological polar surface area (TPSA) is 66.9 Å². The molecule has 2 aliphatic rings. The van der Waals surface area contributed by atoms with Crippen LogP contribution in [0.2, 0.25) is 0 Å². The number of esters is 1. The van der Waals surface area contributed by atoms with Gasteiger partial charge >= 0.3 is 5.97 Å². The average Bonchev–Trinajstić information content (AvgIpc) is 3.26. The summed E-state index contributed by atoms with van der Waals surface area (Å²) in [6, 6.07) is 6.59. The third-order valence-electron chi connectivity index (χ3n) is 5.68. The monoisotopic (exact) mass is 372 g/mol. The maximum Gasteiger partial charge on any atom is 0.337 e. The van der Waals surface area contributed by atoms with Crippen molar-refractivity contribution in [2.45, 2.75) is 38.5 Å². The number of rotatable bonds is 5. The van der Waals surface area contributed by atoms with Crippen LogP contribution >= 0.6 is 0 Å². The summed E-state index contributed by atoms with van der Waals surface area (Å²) >= 11 is 0. The van der Waals surface area contributed by atoms with E-state index in [1.165, 1.54) is 7.11 Å². The number of likely N-dealkylation sites (tertiary alicyclic amines) is 2. The molecule has 1 aromatic carbocycles. The molecule has 0 spiro atoms. The highest BCUT2D eigenvalue weighted by Crippen LogP contribution is 2.24. The molecule has 6 nitrogen and oxygen atoms in total. The van der Waals surface area contributed by atoms with Crippen LogP contribution in [0.15, 0.2) is 24.3 Å². The maximum atomic E-state index is 12.6. The fraction of sp³-hybridized carbons (Fsp3) is 0.571. The molecule has 0 bridgehead atoms. The Bertz CT molecular complexity index is 672. The van der Waals surface area contributed by atoms with Crippen LogP contribution in [-0.4, -0.2) is 60.9 Å². The molecule has 2 heterocycles. The lowest BCUT2D eigenvalue weighted by Crippen LogP contribution is -2.38. The third kappa shape index (κ3) is 4.87. The van der Waals surface area contributed by atoms with Crippen LogP contribution in [0, 0.1) is 5.92 Å². The molecule has 0 atom stereocenters. The number of carbonyl (C=O) groups excluding carboxylic acids is 3. The lowest BCUT2D eigenvalue weighted by molar-refractivity contribution is -0.130. The van der Waals surface area contributed by atoms with Crippen molar-refractivity contribution in [3.05, 3.63) is 35.4 Å². The van der Waals surface area contributed by atoms with Crippen molar-refractivity contribution in [2.75, 3.05) is 33.3 Å². The number of nitrogens with zero attached hydrogens (tertiary/aromatic N) is 2. The van der Waals surface area contributed by atoms with Gasteiger partial charge in [-0.2, -0.15) is 0 Å². The molecule has 0 aromatic heterocycles. The summed E-state index contributed by atoms with van der Waals surface area (Å²) < 4.78 is 4.68. The number of methoxy groups -OCH3 is 1. The van der Waals surface area contributed by atoms with E-state index in [9.17, 15) is 14.4 Å². The Morgan fingerprint density at radius 3 is 2.11 bits per heavy atom. The Morgan fingerprint density at radius 1 is 0.926 bits per heavy atom. The minimum absolute atomic E-state index is 0.00184. The van der Waals surface area contributed by atoms with Gasteiger partial charge in [0.15, 0.2) is 0 Å². The number of hydrogen-bond donors (Lipinski definition) is 0. The van der Waals surface area contributed by atoms with Gasteiger partial charge < -0.3 is 14.5 Å². The number of piperidine rings is 1. The third-order valence-corrected chi connectivity index (χ3v) is 5.68. The van der Waals surface area contributed by atoms with E-state index in [1.807, 2.05) is 9.80 Å². The summed E-state index contributed by atoms with van der Waals surface area (Å²) in [7, 11) is 1.34. The molecule has 0 radical (unpaired) electrons. The van der Waals surface area contributed by atoms with Crippen molar-refractivity contribution >= 4 is 17.8 Å². The zero-order valence-corrected chi connectivity index (χ0v) is 16.0. The standard InChI is InChI=1S/C21H28N2O4/c1-27-21(26)18-7-5-17(6-8-18)20(25)23-14-10-16(11-15-23)4-9-19(24)22-12-2-3-13-22/h5-8,16H,2-4,9-15H2,1H3. The van der Waals surface area contributed by atoms with Crippen molar-refractivity contribution in [1.29, 1.82) is 0 Å². The Hall–Kier alpha value is -2.37. The van der Waals surface area contributed by atoms with E-state index in [2.05, 4.69) is 4.74 Å². The Balaban J connectivity index is 1.44. The molecular weight excluding hydrogens is 344 g/mol. The van der Waals surface area contributed by atoms with E-state index >= 15 is 0 Å². The number of benzene rings is 1. The molecule has 27 heavy (non-hydrogen) atoms. The van der Waals surface area contributed by atoms with Gasteiger partial charge in [-0.1, -0.05) is 0 Å². The molecule has 3 rings (SSSR count). The molecule has 0 saturated carbocycles. The SMILES string of the molecule is COC(=O)c1ccc(C(=O)N2CCC(CCC(=O)N3CCCC3)CC2)cc1. The zero-order valence-electron chi connectivity index (χ0n) is 16.0. The predicted molar refractivity (Wildman–Crippen MR) is 101 cm³/mol. The van der Waals surface area contributed by atoms with Crippen LogP contribution in [0.1, 0.15) is 59.2 Å². The molecule has 2 saturated heterocycles. The fourth-order valence-corrected chi connectivity index (χ4v) is 3.93. The van der Waals surface area contributed by atoms with E-state index in [0.717, 1.165) is 58.3 Å². The van der Waals surface area contributed by atoms with Crippen LogP contribution in [0.5, 0.6) is 0 Å². The van der Waals surface area contributed by atoms with Gasteiger partial charge in [-0.15, -0.1) is 0 Å². The second-order valence-electron chi connectivity index (χ2n) is 7.43. The fourth-order valence-electron chi connectivity index (χ4n) is 3.93. The smallest absolute Gasteiger partial charge is 0.337 e.